The number of amides is 2. The van der Waals surface area contributed by atoms with Gasteiger partial charge in [0.1, 0.15) is 17.1 Å². The summed E-state index contributed by atoms with van der Waals surface area (Å²) in [5, 5.41) is 3.71. The van der Waals surface area contributed by atoms with Gasteiger partial charge in [-0.1, -0.05) is 18.2 Å². The van der Waals surface area contributed by atoms with E-state index in [0.717, 1.165) is 39.0 Å². The summed E-state index contributed by atoms with van der Waals surface area (Å²) in [4.78, 5) is 24.3. The largest absolute Gasteiger partial charge is 0.497 e. The first-order valence-corrected chi connectivity index (χ1v) is 11.5. The molecule has 184 valence electrons. The number of furan rings is 1. The van der Waals surface area contributed by atoms with Crippen molar-refractivity contribution in [2.45, 2.75) is 20.8 Å². The van der Waals surface area contributed by atoms with Gasteiger partial charge >= 0.3 is 0 Å². The lowest BCUT2D eigenvalue weighted by Gasteiger charge is -2.15. The third-order valence-corrected chi connectivity index (χ3v) is 5.92. The highest BCUT2D eigenvalue weighted by atomic mass is 16.5. The molecule has 1 heterocycles. The number of nitrogens with two attached hydrogens (primary N) is 1. The second kappa shape index (κ2) is 10.4. The van der Waals surface area contributed by atoms with E-state index >= 15 is 0 Å². The molecule has 0 saturated heterocycles. The number of carbonyl (C=O) groups is 2. The van der Waals surface area contributed by atoms with Crippen LogP contribution in [0.1, 0.15) is 35.3 Å². The lowest BCUT2D eigenvalue weighted by atomic mass is 9.96. The Morgan fingerprint density at radius 2 is 1.86 bits per heavy atom. The topological polar surface area (TPSA) is 104 Å². The van der Waals surface area contributed by atoms with Crippen LogP contribution in [0.2, 0.25) is 0 Å². The van der Waals surface area contributed by atoms with E-state index in [1.165, 1.54) is 12.1 Å². The second-order valence-corrected chi connectivity index (χ2v) is 8.33. The van der Waals surface area contributed by atoms with E-state index in [2.05, 4.69) is 5.32 Å². The van der Waals surface area contributed by atoms with Gasteiger partial charge < -0.3 is 24.9 Å². The van der Waals surface area contributed by atoms with E-state index < -0.39 is 5.91 Å². The Hall–Kier alpha value is -4.52. The number of fused-ring (bicyclic) bond motifs is 1. The van der Waals surface area contributed by atoms with Gasteiger partial charge in [-0.15, -0.1) is 0 Å². The number of rotatable bonds is 8. The van der Waals surface area contributed by atoms with Crippen molar-refractivity contribution in [2.24, 2.45) is 5.73 Å². The number of primary amides is 1. The van der Waals surface area contributed by atoms with Crippen molar-refractivity contribution >= 4 is 34.0 Å². The summed E-state index contributed by atoms with van der Waals surface area (Å²) in [5.41, 5.74) is 11.1. The minimum Gasteiger partial charge on any atom is -0.497 e. The normalized spacial score (nSPS) is 11.4. The van der Waals surface area contributed by atoms with E-state index in [-0.39, 0.29) is 5.91 Å². The van der Waals surface area contributed by atoms with Crippen LogP contribution in [0.25, 0.3) is 27.7 Å². The zero-order chi connectivity index (χ0) is 25.8. The van der Waals surface area contributed by atoms with Gasteiger partial charge in [-0.05, 0) is 68.3 Å². The molecule has 0 aliphatic carbocycles. The van der Waals surface area contributed by atoms with Gasteiger partial charge in [0.05, 0.1) is 20.0 Å². The highest BCUT2D eigenvalue weighted by Crippen LogP contribution is 2.41. The zero-order valence-electron chi connectivity index (χ0n) is 20.7. The number of benzene rings is 3. The number of allylic oxidation sites excluding steroid dienone is 1. The molecule has 0 atom stereocenters. The number of hydrogen-bond donors (Lipinski definition) is 2. The minimum absolute atomic E-state index is 0.319. The summed E-state index contributed by atoms with van der Waals surface area (Å²) in [7, 11) is 1.63. The molecule has 3 N–H and O–H groups in total. The smallest absolute Gasteiger partial charge is 0.248 e. The number of aryl methyl sites for hydroxylation is 1. The quantitative estimate of drug-likeness (QED) is 0.301. The SMILES string of the molecule is CCOc1c(/C(C)=C/C(=O)Nc2cccc(C(N)=O)c2)cc2c(-c3ccc(OC)cc3)coc2c1C. The monoisotopic (exact) mass is 484 g/mol. The summed E-state index contributed by atoms with van der Waals surface area (Å²) in [6.07, 6.45) is 3.24. The number of carbonyl (C=O) groups excluding carboxylic acids is 2. The number of nitrogens with one attached hydrogen (secondary N) is 1. The molecule has 2 amide bonds. The highest BCUT2D eigenvalue weighted by molar-refractivity contribution is 6.06. The number of ether oxygens (including phenoxy) is 2. The van der Waals surface area contributed by atoms with Crippen molar-refractivity contribution in [1.29, 1.82) is 0 Å². The predicted molar refractivity (Wildman–Crippen MR) is 141 cm³/mol. The summed E-state index contributed by atoms with van der Waals surface area (Å²) in [5.74, 6) is 0.540. The maximum atomic E-state index is 12.8. The predicted octanol–water partition coefficient (Wildman–Crippen LogP) is 5.96. The molecule has 0 spiro atoms. The molecule has 0 saturated carbocycles. The summed E-state index contributed by atoms with van der Waals surface area (Å²) in [6, 6.07) is 16.2. The van der Waals surface area contributed by atoms with Crippen LogP contribution < -0.4 is 20.5 Å². The fourth-order valence-electron chi connectivity index (χ4n) is 4.14. The fraction of sp³-hybridized carbons (Fsp3) is 0.172. The Balaban J connectivity index is 1.74. The molecular formula is C29H28N2O5. The molecule has 1 aromatic heterocycles. The Kier molecular flexibility index (Phi) is 7.10. The van der Waals surface area contributed by atoms with Crippen LogP contribution in [-0.4, -0.2) is 25.5 Å². The van der Waals surface area contributed by atoms with Crippen molar-refractivity contribution in [3.8, 4) is 22.6 Å². The Bertz CT molecular complexity index is 1470. The molecule has 4 rings (SSSR count). The van der Waals surface area contributed by atoms with Crippen LogP contribution in [0, 0.1) is 6.92 Å². The lowest BCUT2D eigenvalue weighted by Crippen LogP contribution is -2.13. The van der Waals surface area contributed by atoms with Gasteiger partial charge in [0.2, 0.25) is 11.8 Å². The maximum absolute atomic E-state index is 12.8. The third kappa shape index (κ3) is 4.95. The van der Waals surface area contributed by atoms with E-state index in [0.29, 0.717) is 29.2 Å². The van der Waals surface area contributed by atoms with Crippen molar-refractivity contribution in [1.82, 2.24) is 0 Å². The summed E-state index contributed by atoms with van der Waals surface area (Å²) >= 11 is 0. The van der Waals surface area contributed by atoms with Gasteiger partial charge in [0.15, 0.2) is 0 Å². The van der Waals surface area contributed by atoms with Crippen molar-refractivity contribution in [3.63, 3.8) is 0 Å². The fourth-order valence-corrected chi connectivity index (χ4v) is 4.14. The molecule has 0 radical (unpaired) electrons. The Labute approximate surface area is 209 Å². The van der Waals surface area contributed by atoms with Crippen LogP contribution in [0.3, 0.4) is 0 Å². The standard InChI is InChI=1S/C29H28N2O5/c1-5-35-27-18(3)28-24(25(16-36-28)19-9-11-22(34-4)12-10-19)15-23(27)17(2)13-26(32)31-21-8-6-7-20(14-21)29(30)33/h6-16H,5H2,1-4H3,(H2,30,33)(H,31,32)/b17-13+. The van der Waals surface area contributed by atoms with Crippen LogP contribution in [0.5, 0.6) is 11.5 Å². The van der Waals surface area contributed by atoms with E-state index in [1.807, 2.05) is 51.1 Å². The van der Waals surface area contributed by atoms with Gasteiger partial charge in [0, 0.05) is 39.4 Å². The first-order chi connectivity index (χ1) is 17.3. The molecule has 4 aromatic rings. The van der Waals surface area contributed by atoms with E-state index in [1.54, 1.807) is 31.6 Å². The van der Waals surface area contributed by atoms with Gasteiger partial charge in [-0.25, -0.2) is 0 Å². The Morgan fingerprint density at radius 1 is 1.11 bits per heavy atom. The van der Waals surface area contributed by atoms with Crippen LogP contribution in [-0.2, 0) is 4.79 Å². The molecule has 7 heteroatoms. The zero-order valence-corrected chi connectivity index (χ0v) is 20.7. The van der Waals surface area contributed by atoms with E-state index in [4.69, 9.17) is 19.6 Å². The minimum atomic E-state index is -0.560. The summed E-state index contributed by atoms with van der Waals surface area (Å²) < 4.78 is 17.2. The average molecular weight is 485 g/mol. The van der Waals surface area contributed by atoms with Crippen LogP contribution in [0.4, 0.5) is 5.69 Å². The molecular weight excluding hydrogens is 456 g/mol. The first-order valence-electron chi connectivity index (χ1n) is 11.5. The molecule has 36 heavy (non-hydrogen) atoms. The van der Waals surface area contributed by atoms with Crippen molar-refractivity contribution in [2.75, 3.05) is 19.0 Å². The second-order valence-electron chi connectivity index (χ2n) is 8.33. The van der Waals surface area contributed by atoms with Crippen LogP contribution in [0.15, 0.2) is 71.4 Å². The van der Waals surface area contributed by atoms with Gasteiger partial charge in [-0.3, -0.25) is 9.59 Å². The highest BCUT2D eigenvalue weighted by Gasteiger charge is 2.19. The first kappa shape index (κ1) is 24.6. The third-order valence-electron chi connectivity index (χ3n) is 5.92. The molecule has 0 unspecified atom stereocenters. The van der Waals surface area contributed by atoms with Crippen LogP contribution >= 0.6 is 0 Å². The summed E-state index contributed by atoms with van der Waals surface area (Å²) in [6.45, 7) is 6.18. The number of hydrogen-bond acceptors (Lipinski definition) is 5. The molecule has 3 aromatic carbocycles. The maximum Gasteiger partial charge on any atom is 0.248 e. The van der Waals surface area contributed by atoms with E-state index in [9.17, 15) is 9.59 Å². The van der Waals surface area contributed by atoms with Crippen molar-refractivity contribution < 1.29 is 23.5 Å². The van der Waals surface area contributed by atoms with Gasteiger partial charge in [-0.2, -0.15) is 0 Å². The van der Waals surface area contributed by atoms with Crippen molar-refractivity contribution in [3.05, 3.63) is 83.6 Å². The average Bonchev–Trinajstić information content (AvgIpc) is 3.30. The molecule has 7 nitrogen and oxygen atoms in total. The molecule has 0 bridgehead atoms. The number of anilines is 1. The number of methoxy groups -OCH3 is 1. The van der Waals surface area contributed by atoms with Gasteiger partial charge in [0.25, 0.3) is 0 Å². The lowest BCUT2D eigenvalue weighted by molar-refractivity contribution is -0.111. The molecule has 0 aliphatic heterocycles. The Morgan fingerprint density at radius 3 is 2.53 bits per heavy atom. The molecule has 0 aliphatic rings. The molecule has 0 fully saturated rings.